The zero-order chi connectivity index (χ0) is 19.6. The van der Waals surface area contributed by atoms with Crippen LogP contribution in [0.3, 0.4) is 0 Å². The predicted octanol–water partition coefficient (Wildman–Crippen LogP) is 4.88. The normalized spacial score (nSPS) is 19.1. The van der Waals surface area contributed by atoms with Crippen LogP contribution in [0.2, 0.25) is 0 Å². The Hall–Kier alpha value is -2.60. The van der Waals surface area contributed by atoms with Gasteiger partial charge in [0.05, 0.1) is 28.7 Å². The monoisotopic (exact) mass is 393 g/mol. The van der Waals surface area contributed by atoms with Crippen LogP contribution >= 0.6 is 0 Å². The number of fused-ring (bicyclic) bond motifs is 2. The van der Waals surface area contributed by atoms with Gasteiger partial charge in [0.25, 0.3) is 0 Å². The summed E-state index contributed by atoms with van der Waals surface area (Å²) in [5, 5.41) is 10.2. The van der Waals surface area contributed by atoms with Crippen LogP contribution in [0.1, 0.15) is 43.8 Å². The van der Waals surface area contributed by atoms with Gasteiger partial charge in [-0.2, -0.15) is 0 Å². The first kappa shape index (κ1) is 18.4. The summed E-state index contributed by atoms with van der Waals surface area (Å²) in [6.07, 6.45) is 8.35. The molecule has 0 saturated carbocycles. The molecule has 29 heavy (non-hydrogen) atoms. The van der Waals surface area contributed by atoms with Gasteiger partial charge < -0.3 is 20.5 Å². The first-order chi connectivity index (χ1) is 14.3. The molecule has 1 fully saturated rings. The first-order valence-corrected chi connectivity index (χ1v) is 10.7. The number of nitrogens with one attached hydrogen (secondary N) is 3. The number of aromatic nitrogens is 2. The lowest BCUT2D eigenvalue weighted by molar-refractivity contribution is 0.341. The van der Waals surface area contributed by atoms with Crippen molar-refractivity contribution in [1.82, 2.24) is 14.9 Å². The van der Waals surface area contributed by atoms with Gasteiger partial charge in [-0.15, -0.1) is 0 Å². The Morgan fingerprint density at radius 2 is 1.86 bits per heavy atom. The van der Waals surface area contributed by atoms with Crippen LogP contribution < -0.4 is 16.0 Å². The first-order valence-electron chi connectivity index (χ1n) is 10.7. The summed E-state index contributed by atoms with van der Waals surface area (Å²) in [7, 11) is 0. The Morgan fingerprint density at radius 3 is 2.76 bits per heavy atom. The standard InChI is InChI=1S/C23H28FN5/c24-18-5-7-19-21(14-18)28-23(27-19)17-4-6-20-22(13-17)29(15-26-20)12-2-1-3-16-8-10-25-11-9-16/h4-7,13-16,23,25,27-28H,1-3,8-12H2. The van der Waals surface area contributed by atoms with Crippen LogP contribution in [0.15, 0.2) is 42.7 Å². The number of nitrogens with zero attached hydrogens (tertiary/aromatic N) is 2. The summed E-state index contributed by atoms with van der Waals surface area (Å²) in [4.78, 5) is 4.57. The van der Waals surface area contributed by atoms with E-state index in [9.17, 15) is 4.39 Å². The highest BCUT2D eigenvalue weighted by atomic mass is 19.1. The fourth-order valence-electron chi connectivity index (χ4n) is 4.59. The molecular formula is C23H28FN5. The number of aryl methyl sites for hydroxylation is 1. The largest absolute Gasteiger partial charge is 0.360 e. The van der Waals surface area contributed by atoms with E-state index in [1.54, 1.807) is 6.07 Å². The van der Waals surface area contributed by atoms with Crippen LogP contribution in [0.5, 0.6) is 0 Å². The molecule has 3 aromatic rings. The molecule has 1 aromatic heterocycles. The molecule has 6 heteroatoms. The molecule has 5 nitrogen and oxygen atoms in total. The van der Waals surface area contributed by atoms with Crippen molar-refractivity contribution in [2.45, 2.75) is 44.8 Å². The van der Waals surface area contributed by atoms with E-state index in [2.05, 4.69) is 43.7 Å². The molecule has 0 amide bonds. The third-order valence-electron chi connectivity index (χ3n) is 6.28. The van der Waals surface area contributed by atoms with E-state index in [1.807, 2.05) is 6.33 Å². The molecule has 2 aromatic carbocycles. The molecule has 0 bridgehead atoms. The molecule has 0 aliphatic carbocycles. The second kappa shape index (κ2) is 8.03. The van der Waals surface area contributed by atoms with Crippen molar-refractivity contribution in [2.24, 2.45) is 5.92 Å². The van der Waals surface area contributed by atoms with E-state index in [0.717, 1.165) is 40.4 Å². The van der Waals surface area contributed by atoms with Gasteiger partial charge in [0.2, 0.25) is 0 Å². The minimum Gasteiger partial charge on any atom is -0.360 e. The molecule has 1 atom stereocenters. The van der Waals surface area contributed by atoms with Crippen LogP contribution in [-0.2, 0) is 6.54 Å². The van der Waals surface area contributed by atoms with Gasteiger partial charge in [0.15, 0.2) is 0 Å². The highest BCUT2D eigenvalue weighted by molar-refractivity contribution is 5.79. The predicted molar refractivity (Wildman–Crippen MR) is 116 cm³/mol. The maximum atomic E-state index is 13.5. The molecule has 3 N–H and O–H groups in total. The minimum absolute atomic E-state index is 0.0561. The molecule has 5 rings (SSSR count). The number of halogens is 1. The SMILES string of the molecule is Fc1ccc2c(c1)NC(c1ccc3ncn(CCCCC4CCNCC4)c3c1)N2. The average Bonchev–Trinajstić information content (AvgIpc) is 3.35. The number of anilines is 2. The van der Waals surface area contributed by atoms with Gasteiger partial charge in [0, 0.05) is 6.54 Å². The zero-order valence-electron chi connectivity index (χ0n) is 16.6. The Kier molecular flexibility index (Phi) is 5.10. The van der Waals surface area contributed by atoms with Crippen molar-refractivity contribution in [3.8, 4) is 0 Å². The van der Waals surface area contributed by atoms with Crippen LogP contribution in [0, 0.1) is 11.7 Å². The van der Waals surface area contributed by atoms with Crippen molar-refractivity contribution in [3.63, 3.8) is 0 Å². The number of unbranched alkanes of at least 4 members (excludes halogenated alkanes) is 1. The quantitative estimate of drug-likeness (QED) is 0.523. The van der Waals surface area contributed by atoms with Crippen LogP contribution in [0.4, 0.5) is 15.8 Å². The van der Waals surface area contributed by atoms with Gasteiger partial charge >= 0.3 is 0 Å². The van der Waals surface area contributed by atoms with Crippen LogP contribution in [-0.4, -0.2) is 22.6 Å². The third kappa shape index (κ3) is 3.94. The molecule has 2 aliphatic rings. The Balaban J connectivity index is 1.24. The summed E-state index contributed by atoms with van der Waals surface area (Å²) in [5.41, 5.74) is 5.05. The lowest BCUT2D eigenvalue weighted by Crippen LogP contribution is -2.27. The molecular weight excluding hydrogens is 365 g/mol. The number of piperidine rings is 1. The van der Waals surface area contributed by atoms with Gasteiger partial charge in [-0.1, -0.05) is 18.9 Å². The zero-order valence-corrected chi connectivity index (χ0v) is 16.6. The lowest BCUT2D eigenvalue weighted by atomic mass is 9.92. The smallest absolute Gasteiger partial charge is 0.125 e. The summed E-state index contributed by atoms with van der Waals surface area (Å²) in [5.74, 6) is 0.671. The number of rotatable bonds is 6. The molecule has 0 spiro atoms. The average molecular weight is 394 g/mol. The molecule has 3 heterocycles. The lowest BCUT2D eigenvalue weighted by Gasteiger charge is -2.22. The van der Waals surface area contributed by atoms with Gasteiger partial charge in [-0.05, 0) is 74.2 Å². The second-order valence-electron chi connectivity index (χ2n) is 8.29. The number of hydrogen-bond acceptors (Lipinski definition) is 4. The Morgan fingerprint density at radius 1 is 1.00 bits per heavy atom. The fourth-order valence-corrected chi connectivity index (χ4v) is 4.59. The molecule has 1 unspecified atom stereocenters. The third-order valence-corrected chi connectivity index (χ3v) is 6.28. The van der Waals surface area contributed by atoms with Gasteiger partial charge in [-0.3, -0.25) is 0 Å². The Bertz CT molecular complexity index is 992. The number of hydrogen-bond donors (Lipinski definition) is 3. The van der Waals surface area contributed by atoms with E-state index in [-0.39, 0.29) is 12.0 Å². The summed E-state index contributed by atoms with van der Waals surface area (Å²) in [6.45, 7) is 3.36. The highest BCUT2D eigenvalue weighted by Gasteiger charge is 2.22. The van der Waals surface area contributed by atoms with E-state index >= 15 is 0 Å². The number of benzene rings is 2. The van der Waals surface area contributed by atoms with Crippen molar-refractivity contribution in [2.75, 3.05) is 23.7 Å². The summed E-state index contributed by atoms with van der Waals surface area (Å²) < 4.78 is 15.8. The van der Waals surface area contributed by atoms with Gasteiger partial charge in [-0.25, -0.2) is 9.37 Å². The fraction of sp³-hybridized carbons (Fsp3) is 0.435. The van der Waals surface area contributed by atoms with E-state index < -0.39 is 0 Å². The molecule has 1 saturated heterocycles. The maximum Gasteiger partial charge on any atom is 0.125 e. The minimum atomic E-state index is -0.225. The topological polar surface area (TPSA) is 53.9 Å². The van der Waals surface area contributed by atoms with Crippen LogP contribution in [0.25, 0.3) is 11.0 Å². The molecule has 0 radical (unpaired) electrons. The van der Waals surface area contributed by atoms with Crippen molar-refractivity contribution in [3.05, 3.63) is 54.1 Å². The second-order valence-corrected chi connectivity index (χ2v) is 8.29. The van der Waals surface area contributed by atoms with E-state index in [4.69, 9.17) is 0 Å². The van der Waals surface area contributed by atoms with Crippen molar-refractivity contribution >= 4 is 22.4 Å². The van der Waals surface area contributed by atoms with E-state index in [0.29, 0.717) is 0 Å². The van der Waals surface area contributed by atoms with E-state index in [1.165, 1.54) is 57.3 Å². The summed E-state index contributed by atoms with van der Waals surface area (Å²) in [6, 6.07) is 11.2. The van der Waals surface area contributed by atoms with Crippen molar-refractivity contribution < 1.29 is 4.39 Å². The summed E-state index contributed by atoms with van der Waals surface area (Å²) >= 11 is 0. The maximum absolute atomic E-state index is 13.5. The Labute approximate surface area is 170 Å². The number of imidazole rings is 1. The van der Waals surface area contributed by atoms with Gasteiger partial charge in [0.1, 0.15) is 12.0 Å². The molecule has 152 valence electrons. The van der Waals surface area contributed by atoms with Crippen molar-refractivity contribution in [1.29, 1.82) is 0 Å². The molecule has 2 aliphatic heterocycles. The highest BCUT2D eigenvalue weighted by Crippen LogP contribution is 2.36.